The van der Waals surface area contributed by atoms with Crippen molar-refractivity contribution < 1.29 is 4.92 Å². The first-order valence-electron chi connectivity index (χ1n) is 4.64. The lowest BCUT2D eigenvalue weighted by Crippen LogP contribution is -2.09. The van der Waals surface area contributed by atoms with E-state index in [-0.39, 0.29) is 5.69 Å². The zero-order valence-electron chi connectivity index (χ0n) is 8.89. The van der Waals surface area contributed by atoms with Gasteiger partial charge in [0, 0.05) is 0 Å². The molecule has 0 N–H and O–H groups in total. The molecule has 80 valence electrons. The topological polar surface area (TPSA) is 84.8 Å². The van der Waals surface area contributed by atoms with Gasteiger partial charge in [0.15, 0.2) is 0 Å². The quantitative estimate of drug-likeness (QED) is 0.559. The molecule has 1 atom stereocenters. The Morgan fingerprint density at radius 3 is 2.73 bits per heavy atom. The van der Waals surface area contributed by atoms with Crippen LogP contribution in [0.15, 0.2) is 0 Å². The van der Waals surface area contributed by atoms with Crippen LogP contribution in [0.4, 0.5) is 5.69 Å². The molecular weight excluding hydrogens is 196 g/mol. The molecule has 0 spiro atoms. The fourth-order valence-corrected chi connectivity index (χ4v) is 1.53. The maximum absolute atomic E-state index is 10.8. The summed E-state index contributed by atoms with van der Waals surface area (Å²) in [6.07, 6.45) is 0.489. The lowest BCUT2D eigenvalue weighted by molar-refractivity contribution is -0.386. The standard InChI is InChI=1S/C9H12N4O2/c1-4-8-9(13(14)15)7(3)11-12(8)6(2)5-10/h6H,4H2,1-3H3. The molecule has 1 rings (SSSR count). The Hall–Kier alpha value is -1.90. The molecule has 1 heterocycles. The van der Waals surface area contributed by atoms with Crippen LogP contribution in [0.5, 0.6) is 0 Å². The van der Waals surface area contributed by atoms with Crippen LogP contribution in [-0.2, 0) is 6.42 Å². The zero-order chi connectivity index (χ0) is 11.6. The van der Waals surface area contributed by atoms with Crippen molar-refractivity contribution in [2.24, 2.45) is 0 Å². The summed E-state index contributed by atoms with van der Waals surface area (Å²) in [5, 5.41) is 23.6. The molecule has 0 aliphatic rings. The first-order chi connectivity index (χ1) is 7.02. The molecular formula is C9H12N4O2. The number of aryl methyl sites for hydroxylation is 1. The number of nitriles is 1. The van der Waals surface area contributed by atoms with Crippen molar-refractivity contribution in [3.63, 3.8) is 0 Å². The molecule has 0 radical (unpaired) electrons. The minimum atomic E-state index is -0.479. The first kappa shape index (κ1) is 11.2. The van der Waals surface area contributed by atoms with Gasteiger partial charge in [0.1, 0.15) is 17.4 Å². The molecule has 6 heteroatoms. The van der Waals surface area contributed by atoms with E-state index >= 15 is 0 Å². The van der Waals surface area contributed by atoms with Crippen molar-refractivity contribution in [1.82, 2.24) is 9.78 Å². The van der Waals surface area contributed by atoms with Gasteiger partial charge in [0.2, 0.25) is 0 Å². The summed E-state index contributed by atoms with van der Waals surface area (Å²) in [5.74, 6) is 0. The molecule has 1 unspecified atom stereocenters. The van der Waals surface area contributed by atoms with Crippen molar-refractivity contribution >= 4 is 5.69 Å². The summed E-state index contributed by atoms with van der Waals surface area (Å²) < 4.78 is 1.42. The van der Waals surface area contributed by atoms with Crippen LogP contribution >= 0.6 is 0 Å². The van der Waals surface area contributed by atoms with E-state index < -0.39 is 11.0 Å². The normalized spacial score (nSPS) is 12.1. The predicted molar refractivity (Wildman–Crippen MR) is 53.3 cm³/mol. The maximum Gasteiger partial charge on any atom is 0.313 e. The second-order valence-corrected chi connectivity index (χ2v) is 3.24. The molecule has 0 fully saturated rings. The Morgan fingerprint density at radius 2 is 2.33 bits per heavy atom. The van der Waals surface area contributed by atoms with Crippen LogP contribution in [0.25, 0.3) is 0 Å². The lowest BCUT2D eigenvalue weighted by atomic mass is 10.2. The third-order valence-corrected chi connectivity index (χ3v) is 2.22. The molecule has 1 aromatic heterocycles. The average molecular weight is 208 g/mol. The molecule has 0 bridgehead atoms. The highest BCUT2D eigenvalue weighted by Gasteiger charge is 2.25. The smallest absolute Gasteiger partial charge is 0.258 e. The van der Waals surface area contributed by atoms with E-state index in [2.05, 4.69) is 5.10 Å². The lowest BCUT2D eigenvalue weighted by Gasteiger charge is -2.05. The molecule has 0 aromatic carbocycles. The number of nitro groups is 1. The van der Waals surface area contributed by atoms with Crippen molar-refractivity contribution in [3.8, 4) is 6.07 Å². The Morgan fingerprint density at radius 1 is 1.73 bits per heavy atom. The Bertz CT molecular complexity index is 430. The third kappa shape index (κ3) is 1.81. The van der Waals surface area contributed by atoms with Gasteiger partial charge in [-0.05, 0) is 20.3 Å². The third-order valence-electron chi connectivity index (χ3n) is 2.22. The number of hydrogen-bond acceptors (Lipinski definition) is 4. The molecule has 0 aliphatic heterocycles. The summed E-state index contributed by atoms with van der Waals surface area (Å²) in [4.78, 5) is 10.4. The van der Waals surface area contributed by atoms with Gasteiger partial charge in [-0.3, -0.25) is 10.1 Å². The monoisotopic (exact) mass is 208 g/mol. The fraction of sp³-hybridized carbons (Fsp3) is 0.556. The van der Waals surface area contributed by atoms with Gasteiger partial charge < -0.3 is 0 Å². The van der Waals surface area contributed by atoms with E-state index in [0.717, 1.165) is 0 Å². The number of rotatable bonds is 3. The van der Waals surface area contributed by atoms with Gasteiger partial charge in [0.05, 0.1) is 11.0 Å². The molecule has 0 saturated heterocycles. The van der Waals surface area contributed by atoms with Crippen LogP contribution in [0.2, 0.25) is 0 Å². The van der Waals surface area contributed by atoms with Crippen LogP contribution in [0, 0.1) is 28.4 Å². The van der Waals surface area contributed by atoms with Gasteiger partial charge >= 0.3 is 5.69 Å². The second-order valence-electron chi connectivity index (χ2n) is 3.24. The summed E-state index contributed by atoms with van der Waals surface area (Å²) in [7, 11) is 0. The van der Waals surface area contributed by atoms with Crippen molar-refractivity contribution in [2.75, 3.05) is 0 Å². The van der Waals surface area contributed by atoms with E-state index in [4.69, 9.17) is 5.26 Å². The first-order valence-corrected chi connectivity index (χ1v) is 4.64. The summed E-state index contributed by atoms with van der Waals surface area (Å²) >= 11 is 0. The molecule has 0 aliphatic carbocycles. The highest BCUT2D eigenvalue weighted by molar-refractivity contribution is 5.41. The van der Waals surface area contributed by atoms with Gasteiger partial charge in [0.25, 0.3) is 0 Å². The fourth-order valence-electron chi connectivity index (χ4n) is 1.53. The largest absolute Gasteiger partial charge is 0.313 e. The van der Waals surface area contributed by atoms with E-state index in [1.54, 1.807) is 13.8 Å². The number of nitrogens with zero attached hydrogens (tertiary/aromatic N) is 4. The van der Waals surface area contributed by atoms with Crippen LogP contribution < -0.4 is 0 Å². The zero-order valence-corrected chi connectivity index (χ0v) is 8.89. The van der Waals surface area contributed by atoms with E-state index in [1.807, 2.05) is 13.0 Å². The molecule has 0 saturated carbocycles. The highest BCUT2D eigenvalue weighted by atomic mass is 16.6. The van der Waals surface area contributed by atoms with E-state index in [9.17, 15) is 10.1 Å². The summed E-state index contributed by atoms with van der Waals surface area (Å²) in [6, 6.07) is 1.53. The predicted octanol–water partition coefficient (Wildman–Crippen LogP) is 1.75. The summed E-state index contributed by atoms with van der Waals surface area (Å²) in [5.41, 5.74) is 0.894. The van der Waals surface area contributed by atoms with Crippen molar-refractivity contribution in [3.05, 3.63) is 21.5 Å². The molecule has 6 nitrogen and oxygen atoms in total. The van der Waals surface area contributed by atoms with Crippen molar-refractivity contribution in [2.45, 2.75) is 33.2 Å². The maximum atomic E-state index is 10.8. The SMILES string of the molecule is CCc1c([N+](=O)[O-])c(C)nn1C(C)C#N. The molecule has 15 heavy (non-hydrogen) atoms. The Balaban J connectivity index is 3.38. The second kappa shape index (κ2) is 4.09. The van der Waals surface area contributed by atoms with Gasteiger partial charge in [-0.2, -0.15) is 10.4 Å². The average Bonchev–Trinajstić information content (AvgIpc) is 2.53. The summed E-state index contributed by atoms with van der Waals surface area (Å²) in [6.45, 7) is 5.05. The minimum Gasteiger partial charge on any atom is -0.258 e. The van der Waals surface area contributed by atoms with Crippen LogP contribution in [0.1, 0.15) is 31.3 Å². The highest BCUT2D eigenvalue weighted by Crippen LogP contribution is 2.25. The molecule has 1 aromatic rings. The number of aromatic nitrogens is 2. The van der Waals surface area contributed by atoms with Crippen LogP contribution in [-0.4, -0.2) is 14.7 Å². The van der Waals surface area contributed by atoms with Crippen molar-refractivity contribution in [1.29, 1.82) is 5.26 Å². The Kier molecular flexibility index (Phi) is 3.04. The Labute approximate surface area is 87.3 Å². The van der Waals surface area contributed by atoms with Gasteiger partial charge in [-0.15, -0.1) is 0 Å². The minimum absolute atomic E-state index is 0.0274. The van der Waals surface area contributed by atoms with Gasteiger partial charge in [-0.25, -0.2) is 4.68 Å². The van der Waals surface area contributed by atoms with Gasteiger partial charge in [-0.1, -0.05) is 6.92 Å². The molecule has 0 amide bonds. The van der Waals surface area contributed by atoms with Crippen LogP contribution in [0.3, 0.4) is 0 Å². The van der Waals surface area contributed by atoms with E-state index in [0.29, 0.717) is 17.8 Å². The number of hydrogen-bond donors (Lipinski definition) is 0. The van der Waals surface area contributed by atoms with E-state index in [1.165, 1.54) is 4.68 Å².